The van der Waals surface area contributed by atoms with Gasteiger partial charge >= 0.3 is 0 Å². The van der Waals surface area contributed by atoms with Crippen molar-refractivity contribution in [3.8, 4) is 12.3 Å². The highest BCUT2D eigenvalue weighted by Gasteiger charge is 2.12. The second-order valence-electron chi connectivity index (χ2n) is 4.31. The van der Waals surface area contributed by atoms with E-state index in [2.05, 4.69) is 22.3 Å². The maximum Gasteiger partial charge on any atom is 0.0927 e. The van der Waals surface area contributed by atoms with Gasteiger partial charge in [0, 0.05) is 5.39 Å². The van der Waals surface area contributed by atoms with Crippen molar-refractivity contribution in [3.05, 3.63) is 36.5 Å². The molecule has 2 heteroatoms. The van der Waals surface area contributed by atoms with Crippen LogP contribution >= 0.6 is 0 Å². The third-order valence-corrected chi connectivity index (χ3v) is 2.41. The van der Waals surface area contributed by atoms with Gasteiger partial charge in [-0.05, 0) is 26.0 Å². The molecule has 0 aliphatic heterocycles. The second kappa shape index (κ2) is 3.86. The van der Waals surface area contributed by atoms with Crippen LogP contribution in [0, 0.1) is 12.3 Å². The lowest BCUT2D eigenvalue weighted by molar-refractivity contribution is 0.741. The summed E-state index contributed by atoms with van der Waals surface area (Å²) in [5.74, 6) is 2.70. The first-order valence-corrected chi connectivity index (χ1v) is 5.21. The molecular formula is C14H14N2. The van der Waals surface area contributed by atoms with Crippen LogP contribution in [0.3, 0.4) is 0 Å². The van der Waals surface area contributed by atoms with E-state index in [0.29, 0.717) is 0 Å². The monoisotopic (exact) mass is 210 g/mol. The Labute approximate surface area is 95.7 Å². The molecule has 0 spiro atoms. The van der Waals surface area contributed by atoms with Gasteiger partial charge in [0.2, 0.25) is 0 Å². The highest BCUT2D eigenvalue weighted by atomic mass is 15.0. The van der Waals surface area contributed by atoms with Crippen LogP contribution in [-0.4, -0.2) is 10.5 Å². The Kier molecular flexibility index (Phi) is 2.54. The van der Waals surface area contributed by atoms with Crippen LogP contribution < -0.4 is 5.32 Å². The molecule has 0 radical (unpaired) electrons. The van der Waals surface area contributed by atoms with E-state index >= 15 is 0 Å². The van der Waals surface area contributed by atoms with Crippen molar-refractivity contribution in [2.24, 2.45) is 0 Å². The highest BCUT2D eigenvalue weighted by molar-refractivity contribution is 5.81. The van der Waals surface area contributed by atoms with Crippen molar-refractivity contribution < 1.29 is 0 Å². The van der Waals surface area contributed by atoms with Crippen LogP contribution in [0.1, 0.15) is 13.8 Å². The third-order valence-electron chi connectivity index (χ3n) is 2.41. The van der Waals surface area contributed by atoms with Gasteiger partial charge in [-0.15, -0.1) is 6.42 Å². The summed E-state index contributed by atoms with van der Waals surface area (Å²) in [5, 5.41) is 4.37. The van der Waals surface area contributed by atoms with Crippen LogP contribution in [0.2, 0.25) is 0 Å². The van der Waals surface area contributed by atoms with Crippen LogP contribution in [0.15, 0.2) is 36.5 Å². The summed E-state index contributed by atoms with van der Waals surface area (Å²) in [7, 11) is 0. The smallest absolute Gasteiger partial charge is 0.0927 e. The van der Waals surface area contributed by atoms with E-state index in [0.717, 1.165) is 16.6 Å². The van der Waals surface area contributed by atoms with Crippen molar-refractivity contribution in [2.75, 3.05) is 5.32 Å². The van der Waals surface area contributed by atoms with Gasteiger partial charge < -0.3 is 5.32 Å². The number of terminal acetylenes is 1. The average Bonchev–Trinajstić information content (AvgIpc) is 2.28. The summed E-state index contributed by atoms with van der Waals surface area (Å²) in [6.45, 7) is 3.92. The highest BCUT2D eigenvalue weighted by Crippen LogP contribution is 2.19. The van der Waals surface area contributed by atoms with Gasteiger partial charge in [0.1, 0.15) is 0 Å². The number of nitrogens with one attached hydrogen (secondary N) is 1. The van der Waals surface area contributed by atoms with Gasteiger partial charge in [0.15, 0.2) is 0 Å². The van der Waals surface area contributed by atoms with Crippen molar-refractivity contribution in [1.29, 1.82) is 0 Å². The zero-order valence-electron chi connectivity index (χ0n) is 9.49. The summed E-state index contributed by atoms with van der Waals surface area (Å²) in [6, 6.07) is 10.1. The first kappa shape index (κ1) is 10.5. The molecule has 2 aromatic rings. The maximum absolute atomic E-state index is 5.43. The maximum atomic E-state index is 5.43. The first-order valence-electron chi connectivity index (χ1n) is 5.21. The normalized spacial score (nSPS) is 11.1. The Hall–Kier alpha value is -2.01. The molecule has 1 aromatic carbocycles. The Morgan fingerprint density at radius 1 is 1.31 bits per heavy atom. The molecule has 0 fully saturated rings. The topological polar surface area (TPSA) is 24.9 Å². The number of pyridine rings is 1. The zero-order chi connectivity index (χ0) is 11.6. The number of nitrogens with zero attached hydrogens (tertiary/aromatic N) is 1. The minimum absolute atomic E-state index is 0.357. The van der Waals surface area contributed by atoms with E-state index in [1.807, 2.05) is 38.1 Å². The molecule has 80 valence electrons. The number of hydrogen-bond acceptors (Lipinski definition) is 2. The fourth-order valence-electron chi connectivity index (χ4n) is 1.54. The van der Waals surface area contributed by atoms with E-state index in [4.69, 9.17) is 6.42 Å². The van der Waals surface area contributed by atoms with Crippen molar-refractivity contribution in [2.45, 2.75) is 19.4 Å². The largest absolute Gasteiger partial charge is 0.368 e. The van der Waals surface area contributed by atoms with E-state index in [-0.39, 0.29) is 5.54 Å². The number of benzene rings is 1. The number of hydrogen-bond donors (Lipinski definition) is 1. The molecule has 0 saturated carbocycles. The van der Waals surface area contributed by atoms with Crippen LogP contribution in [0.5, 0.6) is 0 Å². The summed E-state index contributed by atoms with van der Waals surface area (Å²) < 4.78 is 0. The number of fused-ring (bicyclic) bond motifs is 1. The first-order chi connectivity index (χ1) is 7.61. The Morgan fingerprint density at radius 2 is 2.06 bits per heavy atom. The van der Waals surface area contributed by atoms with Gasteiger partial charge in [-0.3, -0.25) is 4.98 Å². The molecule has 0 bridgehead atoms. The molecule has 0 amide bonds. The van der Waals surface area contributed by atoms with E-state index in [1.165, 1.54) is 0 Å². The molecule has 0 saturated heterocycles. The molecule has 2 nitrogen and oxygen atoms in total. The molecule has 1 aromatic heterocycles. The predicted molar refractivity (Wildman–Crippen MR) is 68.3 cm³/mol. The molecule has 2 rings (SSSR count). The molecule has 0 aliphatic carbocycles. The van der Waals surface area contributed by atoms with Crippen LogP contribution in [0.4, 0.5) is 5.69 Å². The van der Waals surface area contributed by atoms with Crippen molar-refractivity contribution >= 4 is 16.6 Å². The summed E-state index contributed by atoms with van der Waals surface area (Å²) in [6.07, 6.45) is 7.24. The predicted octanol–water partition coefficient (Wildman–Crippen LogP) is 3.06. The van der Waals surface area contributed by atoms with Crippen LogP contribution in [0.25, 0.3) is 10.9 Å². The third kappa shape index (κ3) is 2.14. The summed E-state index contributed by atoms with van der Waals surface area (Å²) in [4.78, 5) is 4.37. The van der Waals surface area contributed by atoms with Gasteiger partial charge in [-0.2, -0.15) is 0 Å². The van der Waals surface area contributed by atoms with Gasteiger partial charge in [-0.25, -0.2) is 0 Å². The molecular weight excluding hydrogens is 196 g/mol. The van der Waals surface area contributed by atoms with Crippen molar-refractivity contribution in [3.63, 3.8) is 0 Å². The van der Waals surface area contributed by atoms with Crippen LogP contribution in [-0.2, 0) is 0 Å². The van der Waals surface area contributed by atoms with E-state index in [1.54, 1.807) is 6.20 Å². The number of anilines is 1. The van der Waals surface area contributed by atoms with Gasteiger partial charge in [0.25, 0.3) is 0 Å². The Balaban J connectivity index is 2.37. The van der Waals surface area contributed by atoms with Gasteiger partial charge in [-0.1, -0.05) is 24.1 Å². The lowest BCUT2D eigenvalue weighted by Crippen LogP contribution is -2.28. The SMILES string of the molecule is C#CC(C)(C)Nc1cnc2ccccc2c1. The van der Waals surface area contributed by atoms with E-state index < -0.39 is 0 Å². The standard InChI is InChI=1S/C14H14N2/c1-4-14(2,3)16-12-9-11-7-5-6-8-13(11)15-10-12/h1,5-10,16H,2-3H3. The molecule has 0 atom stereocenters. The molecule has 1 N–H and O–H groups in total. The Bertz CT molecular complexity index is 550. The van der Waals surface area contributed by atoms with Crippen molar-refractivity contribution in [1.82, 2.24) is 4.98 Å². The quantitative estimate of drug-likeness (QED) is 0.770. The lowest BCUT2D eigenvalue weighted by atomic mass is 10.1. The number of aromatic nitrogens is 1. The summed E-state index contributed by atoms with van der Waals surface area (Å²) in [5.41, 5.74) is 1.58. The minimum atomic E-state index is -0.357. The fourth-order valence-corrected chi connectivity index (χ4v) is 1.54. The van der Waals surface area contributed by atoms with E-state index in [9.17, 15) is 0 Å². The second-order valence-corrected chi connectivity index (χ2v) is 4.31. The molecule has 0 unspecified atom stereocenters. The average molecular weight is 210 g/mol. The minimum Gasteiger partial charge on any atom is -0.368 e. The molecule has 0 aliphatic rings. The van der Waals surface area contributed by atoms with Gasteiger partial charge in [0.05, 0.1) is 22.9 Å². The zero-order valence-corrected chi connectivity index (χ0v) is 9.49. The number of rotatable bonds is 2. The summed E-state index contributed by atoms with van der Waals surface area (Å²) >= 11 is 0. The fraction of sp³-hybridized carbons (Fsp3) is 0.214. The molecule has 1 heterocycles. The molecule has 16 heavy (non-hydrogen) atoms. The lowest BCUT2D eigenvalue weighted by Gasteiger charge is -2.20. The Morgan fingerprint density at radius 3 is 2.81 bits per heavy atom. The number of para-hydroxylation sites is 1.